The first-order valence-electron chi connectivity index (χ1n) is 14.9. The third kappa shape index (κ3) is 6.51. The lowest BCUT2D eigenvalue weighted by Gasteiger charge is -2.34. The van der Waals surface area contributed by atoms with Crippen LogP contribution < -0.4 is 14.8 Å². The first-order chi connectivity index (χ1) is 22.3. The lowest BCUT2D eigenvalue weighted by atomic mass is 9.98. The number of carbonyl (C=O) groups is 1. The van der Waals surface area contributed by atoms with Crippen LogP contribution in [-0.2, 0) is 13.1 Å². The predicted octanol–water partition coefficient (Wildman–Crippen LogP) is 5.87. The number of hydrogen-bond donors (Lipinski definition) is 1. The Balaban J connectivity index is 1.13. The van der Waals surface area contributed by atoms with Gasteiger partial charge in [-0.1, -0.05) is 35.9 Å². The molecule has 0 spiro atoms. The maximum atomic E-state index is 15.3. The van der Waals surface area contributed by atoms with E-state index in [-0.39, 0.29) is 39.2 Å². The second-order valence-electron chi connectivity index (χ2n) is 11.2. The molecule has 2 aromatic heterocycles. The zero-order valence-electron chi connectivity index (χ0n) is 25.9. The number of fused-ring (bicyclic) bond motifs is 1. The molecule has 9 nitrogen and oxygen atoms in total. The molecule has 3 aromatic carbocycles. The van der Waals surface area contributed by atoms with Crippen molar-refractivity contribution in [2.24, 2.45) is 0 Å². The van der Waals surface area contributed by atoms with Crippen molar-refractivity contribution in [2.45, 2.75) is 20.0 Å². The van der Waals surface area contributed by atoms with Gasteiger partial charge in [0.2, 0.25) is 0 Å². The first kappa shape index (κ1) is 31.0. The largest absolute Gasteiger partial charge is 0.494 e. The predicted molar refractivity (Wildman–Crippen MR) is 172 cm³/mol. The van der Waals surface area contributed by atoms with E-state index in [0.717, 1.165) is 51.0 Å². The maximum Gasteiger partial charge on any atom is 0.257 e. The number of benzene rings is 3. The molecule has 3 heterocycles. The number of amides is 1. The van der Waals surface area contributed by atoms with Crippen LogP contribution in [0.1, 0.15) is 27.2 Å². The Hall–Kier alpha value is -5.00. The number of carbonyl (C=O) groups excluding carboxylic acids is 1. The van der Waals surface area contributed by atoms with Crippen molar-refractivity contribution < 1.29 is 23.0 Å². The summed E-state index contributed by atoms with van der Waals surface area (Å²) in [5, 5.41) is 2.85. The fourth-order valence-electron chi connectivity index (χ4n) is 5.64. The topological polar surface area (TPSA) is 92.7 Å². The molecule has 1 aliphatic rings. The Morgan fingerprint density at radius 3 is 2.04 bits per heavy atom. The minimum absolute atomic E-state index is 0.105. The van der Waals surface area contributed by atoms with Crippen LogP contribution in [0.25, 0.3) is 22.2 Å². The Kier molecular flexibility index (Phi) is 9.13. The highest BCUT2D eigenvalue weighted by atomic mass is 19.1. The molecule has 0 unspecified atom stereocenters. The van der Waals surface area contributed by atoms with E-state index in [1.807, 2.05) is 12.1 Å². The van der Waals surface area contributed by atoms with E-state index in [0.29, 0.717) is 5.69 Å². The van der Waals surface area contributed by atoms with E-state index >= 15 is 8.78 Å². The van der Waals surface area contributed by atoms with Gasteiger partial charge in [-0.25, -0.2) is 8.78 Å². The first-order valence-corrected chi connectivity index (χ1v) is 14.9. The number of nitrogens with zero attached hydrogens (tertiary/aromatic N) is 5. The highest BCUT2D eigenvalue weighted by Crippen LogP contribution is 2.40. The van der Waals surface area contributed by atoms with Crippen molar-refractivity contribution in [1.29, 1.82) is 0 Å². The van der Waals surface area contributed by atoms with Gasteiger partial charge >= 0.3 is 0 Å². The number of rotatable bonds is 9. The number of pyridine rings is 1. The summed E-state index contributed by atoms with van der Waals surface area (Å²) in [7, 11) is 2.56. The number of aryl methyl sites for hydroxylation is 1. The summed E-state index contributed by atoms with van der Waals surface area (Å²) < 4.78 is 40.9. The SMILES string of the molecule is COc1cc(OC)c(F)c(-c2ccc(C(=O)Nc3ccc(CN4CCN(Cc5ccc(C)cc5)CC4)nc3)c3nccnc23)c1F. The Bertz CT molecular complexity index is 1830. The van der Waals surface area contributed by atoms with Crippen molar-refractivity contribution in [2.75, 3.05) is 45.7 Å². The van der Waals surface area contributed by atoms with Gasteiger partial charge in [-0.15, -0.1) is 0 Å². The highest BCUT2D eigenvalue weighted by Gasteiger charge is 2.25. The van der Waals surface area contributed by atoms with Crippen LogP contribution in [0.5, 0.6) is 11.5 Å². The molecule has 0 aliphatic carbocycles. The number of ether oxygens (including phenoxy) is 2. The van der Waals surface area contributed by atoms with Crippen LogP contribution in [0.15, 0.2) is 73.2 Å². The van der Waals surface area contributed by atoms with Gasteiger partial charge in [0.25, 0.3) is 5.91 Å². The normalized spacial score (nSPS) is 13.9. The minimum Gasteiger partial charge on any atom is -0.494 e. The molecule has 46 heavy (non-hydrogen) atoms. The van der Waals surface area contributed by atoms with Crippen molar-refractivity contribution in [3.05, 3.63) is 107 Å². The van der Waals surface area contributed by atoms with Crippen LogP contribution in [0, 0.1) is 18.6 Å². The molecule has 11 heteroatoms. The molecule has 1 fully saturated rings. The van der Waals surface area contributed by atoms with Crippen molar-refractivity contribution in [1.82, 2.24) is 24.8 Å². The van der Waals surface area contributed by atoms with Gasteiger partial charge in [-0.3, -0.25) is 29.5 Å². The monoisotopic (exact) mass is 624 g/mol. The standard InChI is InChI=1S/C35H34F2N6O3/c1-22-4-6-23(7-5-22)20-42-14-16-43(17-15-42)21-25-9-8-24(19-40-25)41-35(44)27-11-10-26(33-34(27)39-13-12-38-33)30-31(36)28(45-2)18-29(46-3)32(30)37/h4-13,18-19H,14-17,20-21H2,1-3H3,(H,41,44). The number of methoxy groups -OCH3 is 2. The number of aromatic nitrogens is 3. The van der Waals surface area contributed by atoms with Gasteiger partial charge < -0.3 is 14.8 Å². The zero-order chi connectivity index (χ0) is 32.2. The number of halogens is 2. The summed E-state index contributed by atoms with van der Waals surface area (Å²) in [5.74, 6) is -2.67. The Morgan fingerprint density at radius 1 is 0.804 bits per heavy atom. The molecular formula is C35H34F2N6O3. The fraction of sp³-hybridized carbons (Fsp3) is 0.257. The molecule has 236 valence electrons. The average Bonchev–Trinajstić information content (AvgIpc) is 3.07. The average molecular weight is 625 g/mol. The zero-order valence-corrected chi connectivity index (χ0v) is 25.9. The quantitative estimate of drug-likeness (QED) is 0.218. The molecule has 1 aliphatic heterocycles. The van der Waals surface area contributed by atoms with Gasteiger partial charge in [0.1, 0.15) is 5.52 Å². The lowest BCUT2D eigenvalue weighted by molar-refractivity contribution is 0.102. The highest BCUT2D eigenvalue weighted by molar-refractivity contribution is 6.13. The fourth-order valence-corrected chi connectivity index (χ4v) is 5.64. The second kappa shape index (κ2) is 13.6. The van der Waals surface area contributed by atoms with Crippen molar-refractivity contribution >= 4 is 22.6 Å². The van der Waals surface area contributed by atoms with Crippen molar-refractivity contribution in [3.63, 3.8) is 0 Å². The lowest BCUT2D eigenvalue weighted by Crippen LogP contribution is -2.45. The number of anilines is 1. The van der Waals surface area contributed by atoms with Gasteiger partial charge in [0.05, 0.1) is 48.4 Å². The molecule has 0 radical (unpaired) electrons. The Morgan fingerprint density at radius 2 is 1.43 bits per heavy atom. The van der Waals surface area contributed by atoms with Gasteiger partial charge in [-0.2, -0.15) is 0 Å². The molecule has 5 aromatic rings. The number of piperazine rings is 1. The van der Waals surface area contributed by atoms with Crippen LogP contribution in [-0.4, -0.2) is 71.1 Å². The third-order valence-corrected chi connectivity index (χ3v) is 8.17. The second-order valence-corrected chi connectivity index (χ2v) is 11.2. The Labute approximate surface area is 265 Å². The van der Waals surface area contributed by atoms with Crippen LogP contribution in [0.4, 0.5) is 14.5 Å². The molecule has 0 saturated carbocycles. The van der Waals surface area contributed by atoms with Crippen LogP contribution in [0.3, 0.4) is 0 Å². The van der Waals surface area contributed by atoms with Crippen molar-refractivity contribution in [3.8, 4) is 22.6 Å². The summed E-state index contributed by atoms with van der Waals surface area (Å²) in [6.45, 7) is 7.65. The maximum absolute atomic E-state index is 15.3. The van der Waals surface area contributed by atoms with E-state index in [4.69, 9.17) is 9.47 Å². The molecule has 0 bridgehead atoms. The van der Waals surface area contributed by atoms with Crippen LogP contribution >= 0.6 is 0 Å². The molecule has 6 rings (SSSR count). The van der Waals surface area contributed by atoms with Crippen LogP contribution in [0.2, 0.25) is 0 Å². The molecule has 1 N–H and O–H groups in total. The molecule has 0 atom stereocenters. The third-order valence-electron chi connectivity index (χ3n) is 8.17. The molecule has 1 saturated heterocycles. The number of nitrogens with one attached hydrogen (secondary N) is 1. The minimum atomic E-state index is -0.916. The summed E-state index contributed by atoms with van der Waals surface area (Å²) >= 11 is 0. The van der Waals surface area contributed by atoms with E-state index in [2.05, 4.69) is 61.3 Å². The van der Waals surface area contributed by atoms with E-state index < -0.39 is 17.5 Å². The van der Waals surface area contributed by atoms with Gasteiger partial charge in [-0.05, 0) is 30.7 Å². The number of hydrogen-bond acceptors (Lipinski definition) is 8. The van der Waals surface area contributed by atoms with Gasteiger partial charge in [0, 0.05) is 63.3 Å². The smallest absolute Gasteiger partial charge is 0.257 e. The summed E-state index contributed by atoms with van der Waals surface area (Å²) in [6, 6.07) is 16.4. The van der Waals surface area contributed by atoms with E-state index in [1.54, 1.807) is 6.20 Å². The summed E-state index contributed by atoms with van der Waals surface area (Å²) in [4.78, 5) is 31.5. The van der Waals surface area contributed by atoms with Gasteiger partial charge in [0.15, 0.2) is 23.1 Å². The van der Waals surface area contributed by atoms with E-state index in [1.165, 1.54) is 49.9 Å². The molecule has 1 amide bonds. The summed E-state index contributed by atoms with van der Waals surface area (Å²) in [6.07, 6.45) is 4.43. The molecular weight excluding hydrogens is 590 g/mol. The van der Waals surface area contributed by atoms with E-state index in [9.17, 15) is 4.79 Å². The summed E-state index contributed by atoms with van der Waals surface area (Å²) in [5.41, 5.74) is 4.25.